The van der Waals surface area contributed by atoms with Gasteiger partial charge in [-0.1, -0.05) is 6.07 Å². The summed E-state index contributed by atoms with van der Waals surface area (Å²) in [6.07, 6.45) is 0.889. The van der Waals surface area contributed by atoms with E-state index >= 15 is 0 Å². The lowest BCUT2D eigenvalue weighted by atomic mass is 9.81. The number of aromatic nitrogens is 1. The quantitative estimate of drug-likeness (QED) is 0.377. The van der Waals surface area contributed by atoms with Crippen molar-refractivity contribution in [2.45, 2.75) is 46.5 Å². The second-order valence-corrected chi connectivity index (χ2v) is 7.00. The van der Waals surface area contributed by atoms with Crippen molar-refractivity contribution in [3.05, 3.63) is 52.6 Å². The predicted molar refractivity (Wildman–Crippen MR) is 120 cm³/mol. The number of ether oxygens (including phenoxy) is 4. The number of rotatable bonds is 11. The SMILES string of the molecule is CCOC(=O)CC1=C(C(=O)OCC)C(c2ccccn2)C(C(=O)OCC)=C(CC(=O)OCC)N1. The molecule has 34 heavy (non-hydrogen) atoms. The number of nitrogens with zero attached hydrogens (tertiary/aromatic N) is 1. The van der Waals surface area contributed by atoms with E-state index in [1.165, 1.54) is 6.20 Å². The van der Waals surface area contributed by atoms with Gasteiger partial charge in [0.1, 0.15) is 0 Å². The zero-order valence-corrected chi connectivity index (χ0v) is 19.8. The molecule has 0 saturated carbocycles. The lowest BCUT2D eigenvalue weighted by Crippen LogP contribution is -2.36. The summed E-state index contributed by atoms with van der Waals surface area (Å²) in [5.41, 5.74) is 0.686. The average molecular weight is 475 g/mol. The fraction of sp³-hybridized carbons (Fsp3) is 0.458. The van der Waals surface area contributed by atoms with Crippen molar-refractivity contribution in [1.82, 2.24) is 10.3 Å². The van der Waals surface area contributed by atoms with E-state index in [0.717, 1.165) is 0 Å². The van der Waals surface area contributed by atoms with Gasteiger partial charge in [-0.25, -0.2) is 9.59 Å². The van der Waals surface area contributed by atoms with Crippen molar-refractivity contribution in [2.24, 2.45) is 0 Å². The molecule has 1 N–H and O–H groups in total. The van der Waals surface area contributed by atoms with Crippen molar-refractivity contribution in [2.75, 3.05) is 26.4 Å². The molecule has 1 aromatic heterocycles. The molecule has 184 valence electrons. The van der Waals surface area contributed by atoms with Crippen LogP contribution in [0.2, 0.25) is 0 Å². The predicted octanol–water partition coefficient (Wildman–Crippen LogP) is 2.31. The first-order chi connectivity index (χ1) is 16.4. The maximum Gasteiger partial charge on any atom is 0.336 e. The van der Waals surface area contributed by atoms with Crippen molar-refractivity contribution < 1.29 is 38.1 Å². The van der Waals surface area contributed by atoms with Crippen molar-refractivity contribution in [1.29, 1.82) is 0 Å². The van der Waals surface area contributed by atoms with E-state index in [9.17, 15) is 19.2 Å². The maximum absolute atomic E-state index is 13.1. The summed E-state index contributed by atoms with van der Waals surface area (Å²) in [5, 5.41) is 2.94. The molecule has 0 aromatic carbocycles. The fourth-order valence-electron chi connectivity index (χ4n) is 3.54. The Balaban J connectivity index is 2.77. The molecular weight excluding hydrogens is 444 g/mol. The lowest BCUT2D eigenvalue weighted by molar-refractivity contribution is -0.143. The third kappa shape index (κ3) is 6.66. The van der Waals surface area contributed by atoms with E-state index in [1.54, 1.807) is 45.9 Å². The topological polar surface area (TPSA) is 130 Å². The average Bonchev–Trinajstić information content (AvgIpc) is 2.79. The van der Waals surface area contributed by atoms with E-state index in [-0.39, 0.29) is 61.8 Å². The molecule has 1 aliphatic rings. The molecule has 2 rings (SSSR count). The van der Waals surface area contributed by atoms with Crippen molar-refractivity contribution in [3.63, 3.8) is 0 Å². The van der Waals surface area contributed by atoms with Gasteiger partial charge in [-0.05, 0) is 39.8 Å². The number of esters is 4. The molecule has 0 aliphatic carbocycles. The Morgan fingerprint density at radius 2 is 1.24 bits per heavy atom. The van der Waals surface area contributed by atoms with Crippen LogP contribution in [0.15, 0.2) is 46.9 Å². The van der Waals surface area contributed by atoms with Gasteiger partial charge in [0.15, 0.2) is 0 Å². The molecule has 0 saturated heterocycles. The van der Waals surface area contributed by atoms with Gasteiger partial charge in [-0.15, -0.1) is 0 Å². The Morgan fingerprint density at radius 3 is 1.62 bits per heavy atom. The third-order valence-electron chi connectivity index (χ3n) is 4.76. The van der Waals surface area contributed by atoms with E-state index in [4.69, 9.17) is 18.9 Å². The normalized spacial score (nSPS) is 13.8. The third-order valence-corrected chi connectivity index (χ3v) is 4.76. The number of dihydropyridines is 1. The number of hydrogen-bond donors (Lipinski definition) is 1. The molecule has 0 amide bonds. The molecule has 1 aromatic rings. The number of carbonyl (C=O) groups is 4. The van der Waals surface area contributed by atoms with Crippen LogP contribution in [-0.2, 0) is 38.1 Å². The van der Waals surface area contributed by atoms with Crippen LogP contribution in [0.25, 0.3) is 0 Å². The molecule has 0 unspecified atom stereocenters. The van der Waals surface area contributed by atoms with Gasteiger partial charge in [0, 0.05) is 17.6 Å². The molecule has 2 heterocycles. The monoisotopic (exact) mass is 474 g/mol. The Kier molecular flexibility index (Phi) is 10.3. The standard InChI is InChI=1S/C24H30N2O8/c1-5-31-18(27)13-16-21(23(29)33-7-3)20(15-11-9-10-12-25-15)22(24(30)34-8-4)17(26-16)14-19(28)32-6-2/h9-12,20,26H,5-8,13-14H2,1-4H3. The molecule has 10 nitrogen and oxygen atoms in total. The molecule has 0 fully saturated rings. The molecular formula is C24H30N2O8. The second kappa shape index (κ2) is 13.1. The Labute approximate surface area is 198 Å². The highest BCUT2D eigenvalue weighted by atomic mass is 16.5. The summed E-state index contributed by atoms with van der Waals surface area (Å²) >= 11 is 0. The maximum atomic E-state index is 13.1. The summed E-state index contributed by atoms with van der Waals surface area (Å²) < 4.78 is 20.7. The van der Waals surface area contributed by atoms with Crippen LogP contribution in [0.1, 0.15) is 52.1 Å². The Hall–Kier alpha value is -3.69. The summed E-state index contributed by atoms with van der Waals surface area (Å²) in [6.45, 7) is 7.03. The largest absolute Gasteiger partial charge is 0.466 e. The van der Waals surface area contributed by atoms with Crippen LogP contribution in [0.4, 0.5) is 0 Å². The lowest BCUT2D eigenvalue weighted by Gasteiger charge is -2.31. The van der Waals surface area contributed by atoms with Crippen LogP contribution < -0.4 is 5.32 Å². The molecule has 0 bridgehead atoms. The minimum Gasteiger partial charge on any atom is -0.466 e. The number of hydrogen-bond acceptors (Lipinski definition) is 10. The zero-order valence-electron chi connectivity index (χ0n) is 19.8. The highest BCUT2D eigenvalue weighted by Crippen LogP contribution is 2.40. The fourth-order valence-corrected chi connectivity index (χ4v) is 3.54. The second-order valence-electron chi connectivity index (χ2n) is 7.00. The van der Waals surface area contributed by atoms with E-state index in [2.05, 4.69) is 10.3 Å². The zero-order chi connectivity index (χ0) is 25.1. The first-order valence-corrected chi connectivity index (χ1v) is 11.2. The van der Waals surface area contributed by atoms with Gasteiger partial charge in [0.25, 0.3) is 0 Å². The first kappa shape index (κ1) is 26.6. The minimum atomic E-state index is -1.05. The number of carbonyl (C=O) groups excluding carboxylic acids is 4. The van der Waals surface area contributed by atoms with Gasteiger partial charge in [0.2, 0.25) is 0 Å². The summed E-state index contributed by atoms with van der Waals surface area (Å²) in [7, 11) is 0. The minimum absolute atomic E-state index is 0.0178. The van der Waals surface area contributed by atoms with Gasteiger partial charge < -0.3 is 24.3 Å². The smallest absolute Gasteiger partial charge is 0.336 e. The van der Waals surface area contributed by atoms with Crippen molar-refractivity contribution >= 4 is 23.9 Å². The summed E-state index contributed by atoms with van der Waals surface area (Å²) in [6, 6.07) is 5.02. The highest BCUT2D eigenvalue weighted by molar-refractivity contribution is 6.01. The van der Waals surface area contributed by atoms with Crippen LogP contribution in [0, 0.1) is 0 Å². The molecule has 0 atom stereocenters. The summed E-state index contributed by atoms with van der Waals surface area (Å²) in [5.74, 6) is -3.71. The van der Waals surface area contributed by atoms with E-state index < -0.39 is 29.8 Å². The Morgan fingerprint density at radius 1 is 0.765 bits per heavy atom. The molecule has 0 spiro atoms. The van der Waals surface area contributed by atoms with Crippen LogP contribution in [0.3, 0.4) is 0 Å². The Bertz CT molecular complexity index is 910. The van der Waals surface area contributed by atoms with Gasteiger partial charge >= 0.3 is 23.9 Å². The molecule has 1 aliphatic heterocycles. The van der Waals surface area contributed by atoms with Crippen LogP contribution in [-0.4, -0.2) is 55.3 Å². The highest BCUT2D eigenvalue weighted by Gasteiger charge is 2.41. The molecule has 0 radical (unpaired) electrons. The van der Waals surface area contributed by atoms with Crippen molar-refractivity contribution in [3.8, 4) is 0 Å². The van der Waals surface area contributed by atoms with Crippen LogP contribution in [0.5, 0.6) is 0 Å². The van der Waals surface area contributed by atoms with Gasteiger partial charge in [-0.2, -0.15) is 0 Å². The molecule has 10 heteroatoms. The van der Waals surface area contributed by atoms with Gasteiger partial charge in [-0.3, -0.25) is 14.6 Å². The van der Waals surface area contributed by atoms with Crippen LogP contribution >= 0.6 is 0 Å². The summed E-state index contributed by atoms with van der Waals surface area (Å²) in [4.78, 5) is 55.3. The number of pyridine rings is 1. The first-order valence-electron chi connectivity index (χ1n) is 11.2. The van der Waals surface area contributed by atoms with Gasteiger partial charge in [0.05, 0.1) is 62.0 Å². The van der Waals surface area contributed by atoms with E-state index in [0.29, 0.717) is 5.69 Å². The number of nitrogens with one attached hydrogen (secondary N) is 1. The van der Waals surface area contributed by atoms with E-state index in [1.807, 2.05) is 0 Å².